The number of aliphatic hydroxyl groups is 1. The van der Waals surface area contributed by atoms with Crippen molar-refractivity contribution in [3.05, 3.63) is 0 Å². The molecule has 0 heterocycles. The molecule has 1 aliphatic carbocycles. The van der Waals surface area contributed by atoms with Gasteiger partial charge >= 0.3 is 5.97 Å². The number of rotatable bonds is 2. The lowest BCUT2D eigenvalue weighted by molar-refractivity contribution is -0.143. The van der Waals surface area contributed by atoms with Gasteiger partial charge in [-0.1, -0.05) is 6.42 Å². The van der Waals surface area contributed by atoms with Crippen LogP contribution in [0.4, 0.5) is 0 Å². The van der Waals surface area contributed by atoms with E-state index in [4.69, 9.17) is 4.74 Å². The zero-order valence-corrected chi connectivity index (χ0v) is 6.75. The highest BCUT2D eigenvalue weighted by atomic mass is 16.5. The molecule has 11 heavy (non-hydrogen) atoms. The van der Waals surface area contributed by atoms with Gasteiger partial charge < -0.3 is 9.84 Å². The van der Waals surface area contributed by atoms with Crippen molar-refractivity contribution in [2.75, 3.05) is 6.61 Å². The molecule has 0 aliphatic heterocycles. The first-order valence-corrected chi connectivity index (χ1v) is 4.01. The van der Waals surface area contributed by atoms with Crippen LogP contribution in [-0.2, 0) is 9.53 Å². The van der Waals surface area contributed by atoms with Gasteiger partial charge in [-0.2, -0.15) is 0 Å². The van der Waals surface area contributed by atoms with Crippen LogP contribution in [-0.4, -0.2) is 23.8 Å². The lowest BCUT2D eigenvalue weighted by Gasteiger charge is -2.12. The number of hydrogen-bond donors (Lipinski definition) is 1. The Morgan fingerprint density at radius 2 is 2.36 bits per heavy atom. The van der Waals surface area contributed by atoms with E-state index in [2.05, 4.69) is 0 Å². The molecule has 1 fully saturated rings. The van der Waals surface area contributed by atoms with Crippen LogP contribution >= 0.6 is 0 Å². The van der Waals surface area contributed by atoms with Gasteiger partial charge in [0.2, 0.25) is 0 Å². The maximum absolute atomic E-state index is 10.4. The van der Waals surface area contributed by atoms with Crippen molar-refractivity contribution in [2.24, 2.45) is 5.92 Å². The highest BCUT2D eigenvalue weighted by Crippen LogP contribution is 2.25. The minimum absolute atomic E-state index is 0.180. The molecule has 0 aromatic carbocycles. The SMILES string of the molecule is CC(=O)OC[C@@H]1CCC[C@@H]1O. The number of esters is 1. The van der Waals surface area contributed by atoms with Gasteiger partial charge in [0.1, 0.15) is 0 Å². The molecular weight excluding hydrogens is 144 g/mol. The molecule has 64 valence electrons. The Balaban J connectivity index is 2.20. The van der Waals surface area contributed by atoms with Crippen LogP contribution in [0.2, 0.25) is 0 Å². The van der Waals surface area contributed by atoms with Crippen molar-refractivity contribution in [1.29, 1.82) is 0 Å². The largest absolute Gasteiger partial charge is 0.465 e. The number of aliphatic hydroxyl groups excluding tert-OH is 1. The fourth-order valence-electron chi connectivity index (χ4n) is 1.44. The molecule has 0 aromatic rings. The fourth-order valence-corrected chi connectivity index (χ4v) is 1.44. The molecule has 0 radical (unpaired) electrons. The summed E-state index contributed by atoms with van der Waals surface area (Å²) in [6, 6.07) is 0. The summed E-state index contributed by atoms with van der Waals surface area (Å²) < 4.78 is 4.80. The van der Waals surface area contributed by atoms with E-state index in [1.807, 2.05) is 0 Å². The lowest BCUT2D eigenvalue weighted by atomic mass is 10.1. The van der Waals surface area contributed by atoms with E-state index >= 15 is 0 Å². The molecule has 1 N–H and O–H groups in total. The van der Waals surface area contributed by atoms with Crippen molar-refractivity contribution in [1.82, 2.24) is 0 Å². The average molecular weight is 158 g/mol. The second kappa shape index (κ2) is 3.72. The predicted molar refractivity (Wildman–Crippen MR) is 40.0 cm³/mol. The third kappa shape index (κ3) is 2.50. The first-order chi connectivity index (χ1) is 5.20. The van der Waals surface area contributed by atoms with E-state index in [1.165, 1.54) is 6.92 Å². The highest BCUT2D eigenvalue weighted by Gasteiger charge is 2.25. The maximum atomic E-state index is 10.4. The van der Waals surface area contributed by atoms with Gasteiger partial charge in [-0.05, 0) is 12.8 Å². The van der Waals surface area contributed by atoms with Gasteiger partial charge in [-0.25, -0.2) is 0 Å². The minimum atomic E-state index is -0.260. The van der Waals surface area contributed by atoms with Gasteiger partial charge in [-0.3, -0.25) is 4.79 Å². The normalized spacial score (nSPS) is 30.4. The number of ether oxygens (including phenoxy) is 1. The van der Waals surface area contributed by atoms with E-state index in [0.717, 1.165) is 19.3 Å². The zero-order chi connectivity index (χ0) is 8.27. The van der Waals surface area contributed by atoms with Gasteiger partial charge in [0.15, 0.2) is 0 Å². The van der Waals surface area contributed by atoms with E-state index in [0.29, 0.717) is 6.61 Å². The summed E-state index contributed by atoms with van der Waals surface area (Å²) in [7, 11) is 0. The van der Waals surface area contributed by atoms with E-state index in [-0.39, 0.29) is 18.0 Å². The molecule has 0 saturated heterocycles. The Morgan fingerprint density at radius 1 is 1.64 bits per heavy atom. The monoisotopic (exact) mass is 158 g/mol. The molecule has 1 aliphatic rings. The molecule has 1 saturated carbocycles. The Hall–Kier alpha value is -0.570. The Morgan fingerprint density at radius 3 is 2.82 bits per heavy atom. The van der Waals surface area contributed by atoms with E-state index < -0.39 is 0 Å². The Bertz CT molecular complexity index is 144. The molecule has 3 nitrogen and oxygen atoms in total. The third-order valence-electron chi connectivity index (χ3n) is 2.12. The van der Waals surface area contributed by atoms with Crippen molar-refractivity contribution in [3.63, 3.8) is 0 Å². The average Bonchev–Trinajstić information content (AvgIpc) is 2.31. The van der Waals surface area contributed by atoms with Gasteiger partial charge in [-0.15, -0.1) is 0 Å². The standard InChI is InChI=1S/C8H14O3/c1-6(9)11-5-7-3-2-4-8(7)10/h7-8,10H,2-5H2,1H3/t7-,8-/m0/s1. The van der Waals surface area contributed by atoms with Crippen LogP contribution in [0.25, 0.3) is 0 Å². The Labute approximate surface area is 66.4 Å². The van der Waals surface area contributed by atoms with Crippen molar-refractivity contribution in [2.45, 2.75) is 32.3 Å². The van der Waals surface area contributed by atoms with Crippen molar-refractivity contribution < 1.29 is 14.6 Å². The van der Waals surface area contributed by atoms with Crippen LogP contribution in [0.3, 0.4) is 0 Å². The third-order valence-corrected chi connectivity index (χ3v) is 2.12. The van der Waals surface area contributed by atoms with E-state index in [1.54, 1.807) is 0 Å². The van der Waals surface area contributed by atoms with E-state index in [9.17, 15) is 9.90 Å². The number of carbonyl (C=O) groups excluding carboxylic acids is 1. The van der Waals surface area contributed by atoms with Crippen LogP contribution in [0, 0.1) is 5.92 Å². The smallest absolute Gasteiger partial charge is 0.302 e. The quantitative estimate of drug-likeness (QED) is 0.602. The topological polar surface area (TPSA) is 46.5 Å². The molecule has 0 bridgehead atoms. The molecule has 1 rings (SSSR count). The van der Waals surface area contributed by atoms with Crippen LogP contribution in [0.5, 0.6) is 0 Å². The first kappa shape index (κ1) is 8.53. The summed E-state index contributed by atoms with van der Waals surface area (Å²) in [5.41, 5.74) is 0. The second-order valence-corrected chi connectivity index (χ2v) is 3.06. The summed E-state index contributed by atoms with van der Waals surface area (Å²) in [6.45, 7) is 1.78. The highest BCUT2D eigenvalue weighted by molar-refractivity contribution is 5.65. The first-order valence-electron chi connectivity index (χ1n) is 4.01. The van der Waals surface area contributed by atoms with Gasteiger partial charge in [0.25, 0.3) is 0 Å². The fraction of sp³-hybridized carbons (Fsp3) is 0.875. The predicted octanol–water partition coefficient (Wildman–Crippen LogP) is 0.710. The van der Waals surface area contributed by atoms with Crippen LogP contribution in [0.1, 0.15) is 26.2 Å². The molecule has 0 aromatic heterocycles. The minimum Gasteiger partial charge on any atom is -0.465 e. The molecule has 0 unspecified atom stereocenters. The maximum Gasteiger partial charge on any atom is 0.302 e. The van der Waals surface area contributed by atoms with Crippen LogP contribution in [0.15, 0.2) is 0 Å². The summed E-state index contributed by atoms with van der Waals surface area (Å²) in [5, 5.41) is 9.31. The number of hydrogen-bond acceptors (Lipinski definition) is 3. The second-order valence-electron chi connectivity index (χ2n) is 3.06. The molecule has 0 spiro atoms. The lowest BCUT2D eigenvalue weighted by Crippen LogP contribution is -2.20. The molecular formula is C8H14O3. The van der Waals surface area contributed by atoms with Gasteiger partial charge in [0.05, 0.1) is 12.7 Å². The summed E-state index contributed by atoms with van der Waals surface area (Å²) >= 11 is 0. The van der Waals surface area contributed by atoms with Crippen molar-refractivity contribution in [3.8, 4) is 0 Å². The summed E-state index contributed by atoms with van der Waals surface area (Å²) in [6.07, 6.45) is 2.63. The molecule has 2 atom stereocenters. The molecule has 0 amide bonds. The summed E-state index contributed by atoms with van der Waals surface area (Å²) in [5.74, 6) is -0.0806. The summed E-state index contributed by atoms with van der Waals surface area (Å²) in [4.78, 5) is 10.4. The zero-order valence-electron chi connectivity index (χ0n) is 6.75. The number of carbonyl (C=O) groups is 1. The van der Waals surface area contributed by atoms with Gasteiger partial charge in [0, 0.05) is 12.8 Å². The Kier molecular flexibility index (Phi) is 2.88. The van der Waals surface area contributed by atoms with Crippen molar-refractivity contribution >= 4 is 5.97 Å². The van der Waals surface area contributed by atoms with Crippen LogP contribution < -0.4 is 0 Å². The molecule has 3 heteroatoms.